The van der Waals surface area contributed by atoms with E-state index in [9.17, 15) is 4.79 Å². The summed E-state index contributed by atoms with van der Waals surface area (Å²) in [7, 11) is 0. The Morgan fingerprint density at radius 2 is 1.68 bits per heavy atom. The van der Waals surface area contributed by atoms with Crippen LogP contribution in [0.15, 0.2) is 36.5 Å². The molecule has 2 unspecified atom stereocenters. The third kappa shape index (κ3) is 2.87. The molecule has 28 heavy (non-hydrogen) atoms. The van der Waals surface area contributed by atoms with Crippen molar-refractivity contribution in [1.29, 1.82) is 0 Å². The zero-order chi connectivity index (χ0) is 19.3. The fraction of sp³-hybridized carbons (Fsp3) is 0.381. The van der Waals surface area contributed by atoms with Crippen LogP contribution < -0.4 is 4.90 Å². The normalized spacial score (nSPS) is 21.4. The molecule has 5 rings (SSSR count). The summed E-state index contributed by atoms with van der Waals surface area (Å²) in [5.74, 6) is 1.77. The minimum atomic E-state index is 0.0506. The van der Waals surface area contributed by atoms with Gasteiger partial charge in [-0.2, -0.15) is 10.2 Å². The van der Waals surface area contributed by atoms with Crippen LogP contribution in [0.1, 0.15) is 21.7 Å². The second-order valence-corrected chi connectivity index (χ2v) is 7.86. The number of carbonyl (C=O) groups excluding carboxylic acids is 1. The zero-order valence-electron chi connectivity index (χ0n) is 16.0. The van der Waals surface area contributed by atoms with Crippen LogP contribution in [0.25, 0.3) is 10.9 Å². The van der Waals surface area contributed by atoms with E-state index >= 15 is 0 Å². The molecule has 3 aromatic rings. The minimum Gasteiger partial charge on any atom is -0.340 e. The first-order valence-electron chi connectivity index (χ1n) is 9.65. The second kappa shape index (κ2) is 6.51. The average Bonchev–Trinajstić information content (AvgIpc) is 3.25. The van der Waals surface area contributed by atoms with Gasteiger partial charge in [-0.25, -0.2) is 9.97 Å². The van der Waals surface area contributed by atoms with Gasteiger partial charge in [-0.1, -0.05) is 18.2 Å². The summed E-state index contributed by atoms with van der Waals surface area (Å²) in [6.45, 7) is 7.33. The third-order valence-corrected chi connectivity index (χ3v) is 5.80. The zero-order valence-corrected chi connectivity index (χ0v) is 16.0. The van der Waals surface area contributed by atoms with Crippen LogP contribution in [-0.4, -0.2) is 57.2 Å². The van der Waals surface area contributed by atoms with E-state index in [0.717, 1.165) is 54.4 Å². The number of hydrogen-bond donors (Lipinski definition) is 0. The van der Waals surface area contributed by atoms with Crippen molar-refractivity contribution in [2.75, 3.05) is 31.1 Å². The third-order valence-electron chi connectivity index (χ3n) is 5.80. The van der Waals surface area contributed by atoms with Gasteiger partial charge in [0.25, 0.3) is 5.91 Å². The van der Waals surface area contributed by atoms with Crippen LogP contribution >= 0.6 is 0 Å². The number of anilines is 1. The fourth-order valence-electron chi connectivity index (χ4n) is 4.52. The number of nitrogens with zero attached hydrogens (tertiary/aromatic N) is 6. The van der Waals surface area contributed by atoms with E-state index in [1.807, 2.05) is 49.1 Å². The molecule has 142 valence electrons. The molecule has 2 saturated heterocycles. The summed E-state index contributed by atoms with van der Waals surface area (Å²) < 4.78 is 0. The molecule has 2 aliphatic rings. The fourth-order valence-corrected chi connectivity index (χ4v) is 4.52. The quantitative estimate of drug-likeness (QED) is 0.685. The molecule has 0 radical (unpaired) electrons. The molecule has 0 bridgehead atoms. The van der Waals surface area contributed by atoms with Crippen LogP contribution in [0.5, 0.6) is 0 Å². The van der Waals surface area contributed by atoms with Gasteiger partial charge >= 0.3 is 0 Å². The predicted octanol–water partition coefficient (Wildman–Crippen LogP) is 2.25. The maximum absolute atomic E-state index is 13.2. The number of aryl methyl sites for hydroxylation is 2. The highest BCUT2D eigenvalue weighted by molar-refractivity contribution is 6.05. The lowest BCUT2D eigenvalue weighted by atomic mass is 10.0. The van der Waals surface area contributed by atoms with Gasteiger partial charge in [0.15, 0.2) is 0 Å². The molecule has 0 saturated carbocycles. The van der Waals surface area contributed by atoms with Crippen LogP contribution in [0, 0.1) is 25.7 Å². The number of fused-ring (bicyclic) bond motifs is 2. The van der Waals surface area contributed by atoms with Gasteiger partial charge in [0.05, 0.1) is 17.3 Å². The van der Waals surface area contributed by atoms with E-state index in [4.69, 9.17) is 0 Å². The van der Waals surface area contributed by atoms with E-state index in [0.29, 0.717) is 17.4 Å². The standard InChI is InChI=1S/C21H22N6O/c1-13-7-14(2)24-21(23-13)27-11-15-9-26(10-16(15)12-27)20(28)18-8-22-25-19-6-4-3-5-17(18)19/h3-8,15-16H,9-12H2,1-2H3. The molecule has 1 amide bonds. The number of benzene rings is 1. The van der Waals surface area contributed by atoms with E-state index in [1.165, 1.54) is 0 Å². The molecule has 0 N–H and O–H groups in total. The Kier molecular flexibility index (Phi) is 3.96. The van der Waals surface area contributed by atoms with Crippen LogP contribution in [0.3, 0.4) is 0 Å². The van der Waals surface area contributed by atoms with Crippen LogP contribution in [0.4, 0.5) is 5.95 Å². The van der Waals surface area contributed by atoms with Crippen molar-refractivity contribution < 1.29 is 4.79 Å². The van der Waals surface area contributed by atoms with Gasteiger partial charge in [0.1, 0.15) is 0 Å². The predicted molar refractivity (Wildman–Crippen MR) is 106 cm³/mol. The first kappa shape index (κ1) is 17.0. The maximum atomic E-state index is 13.2. The highest BCUT2D eigenvalue weighted by Gasteiger charge is 2.42. The largest absolute Gasteiger partial charge is 0.340 e. The Labute approximate surface area is 163 Å². The molecule has 7 heteroatoms. The Hall–Kier alpha value is -3.09. The molecule has 2 atom stereocenters. The Balaban J connectivity index is 1.33. The van der Waals surface area contributed by atoms with Gasteiger partial charge < -0.3 is 9.80 Å². The van der Waals surface area contributed by atoms with Crippen molar-refractivity contribution in [2.45, 2.75) is 13.8 Å². The summed E-state index contributed by atoms with van der Waals surface area (Å²) >= 11 is 0. The van der Waals surface area contributed by atoms with E-state index in [-0.39, 0.29) is 5.91 Å². The molecule has 7 nitrogen and oxygen atoms in total. The summed E-state index contributed by atoms with van der Waals surface area (Å²) in [6, 6.07) is 9.66. The van der Waals surface area contributed by atoms with E-state index in [2.05, 4.69) is 25.1 Å². The molecule has 2 aromatic heterocycles. The van der Waals surface area contributed by atoms with Crippen molar-refractivity contribution in [3.63, 3.8) is 0 Å². The SMILES string of the molecule is Cc1cc(C)nc(N2CC3CN(C(=O)c4cnnc5ccccc45)CC3C2)n1. The Bertz CT molecular complexity index is 1030. The number of amides is 1. The summed E-state index contributed by atoms with van der Waals surface area (Å²) in [6.07, 6.45) is 1.59. The van der Waals surface area contributed by atoms with Crippen molar-refractivity contribution >= 4 is 22.8 Å². The molecule has 0 aliphatic carbocycles. The average molecular weight is 374 g/mol. The number of carbonyl (C=O) groups is 1. The van der Waals surface area contributed by atoms with Gasteiger partial charge in [-0.3, -0.25) is 4.79 Å². The molecule has 2 aliphatic heterocycles. The lowest BCUT2D eigenvalue weighted by Gasteiger charge is -2.22. The molecular weight excluding hydrogens is 352 g/mol. The van der Waals surface area contributed by atoms with E-state index < -0.39 is 0 Å². The number of hydrogen-bond acceptors (Lipinski definition) is 6. The van der Waals surface area contributed by atoms with Crippen molar-refractivity contribution in [2.24, 2.45) is 11.8 Å². The van der Waals surface area contributed by atoms with Crippen molar-refractivity contribution in [3.05, 3.63) is 53.5 Å². The molecule has 4 heterocycles. The second-order valence-electron chi connectivity index (χ2n) is 7.86. The topological polar surface area (TPSA) is 75.1 Å². The van der Waals surface area contributed by atoms with Gasteiger partial charge in [0.2, 0.25) is 5.95 Å². The smallest absolute Gasteiger partial charge is 0.256 e. The first-order valence-corrected chi connectivity index (χ1v) is 9.65. The number of likely N-dealkylation sites (tertiary alicyclic amines) is 1. The van der Waals surface area contributed by atoms with Crippen LogP contribution in [-0.2, 0) is 0 Å². The monoisotopic (exact) mass is 374 g/mol. The lowest BCUT2D eigenvalue weighted by Crippen LogP contribution is -2.34. The highest BCUT2D eigenvalue weighted by Crippen LogP contribution is 2.34. The first-order chi connectivity index (χ1) is 13.6. The van der Waals surface area contributed by atoms with Gasteiger partial charge in [-0.05, 0) is 26.0 Å². The molecular formula is C21H22N6O. The van der Waals surface area contributed by atoms with Gasteiger partial charge in [-0.15, -0.1) is 0 Å². The number of aromatic nitrogens is 4. The molecule has 0 spiro atoms. The summed E-state index contributed by atoms with van der Waals surface area (Å²) in [4.78, 5) is 26.6. The van der Waals surface area contributed by atoms with E-state index in [1.54, 1.807) is 6.20 Å². The van der Waals surface area contributed by atoms with Gasteiger partial charge in [0, 0.05) is 54.8 Å². The van der Waals surface area contributed by atoms with Crippen LogP contribution in [0.2, 0.25) is 0 Å². The van der Waals surface area contributed by atoms with Crippen molar-refractivity contribution in [1.82, 2.24) is 25.1 Å². The summed E-state index contributed by atoms with van der Waals surface area (Å²) in [5, 5.41) is 9.01. The molecule has 2 fully saturated rings. The summed E-state index contributed by atoms with van der Waals surface area (Å²) in [5.41, 5.74) is 3.38. The van der Waals surface area contributed by atoms with Crippen molar-refractivity contribution in [3.8, 4) is 0 Å². The lowest BCUT2D eigenvalue weighted by molar-refractivity contribution is 0.0784. The Morgan fingerprint density at radius 1 is 1.00 bits per heavy atom. The minimum absolute atomic E-state index is 0.0506. The Morgan fingerprint density at radius 3 is 2.39 bits per heavy atom. The molecule has 1 aromatic carbocycles. The number of rotatable bonds is 2. The maximum Gasteiger partial charge on any atom is 0.256 e. The highest BCUT2D eigenvalue weighted by atomic mass is 16.2.